The van der Waals surface area contributed by atoms with Crippen molar-refractivity contribution in [3.05, 3.63) is 76.5 Å². The van der Waals surface area contributed by atoms with Crippen molar-refractivity contribution < 1.29 is 18.7 Å². The molecule has 2 N–H and O–H groups in total. The summed E-state index contributed by atoms with van der Waals surface area (Å²) >= 11 is 3.39. The van der Waals surface area contributed by atoms with Gasteiger partial charge in [-0.25, -0.2) is 9.82 Å². The molecule has 0 aliphatic rings. The van der Waals surface area contributed by atoms with E-state index in [-0.39, 0.29) is 24.4 Å². The van der Waals surface area contributed by atoms with E-state index in [0.717, 1.165) is 10.0 Å². The minimum atomic E-state index is -0.610. The van der Waals surface area contributed by atoms with E-state index in [4.69, 9.17) is 4.74 Å². The third-order valence-corrected chi connectivity index (χ3v) is 4.09. The van der Waals surface area contributed by atoms with E-state index in [0.29, 0.717) is 12.4 Å². The van der Waals surface area contributed by atoms with Gasteiger partial charge >= 0.3 is 0 Å². The van der Waals surface area contributed by atoms with Gasteiger partial charge in [0, 0.05) is 13.0 Å². The number of halogens is 2. The van der Waals surface area contributed by atoms with Crippen LogP contribution in [-0.4, -0.2) is 31.2 Å². The molecule has 2 aromatic carbocycles. The highest BCUT2D eigenvalue weighted by Crippen LogP contribution is 2.25. The molecular weight excluding hydrogens is 429 g/mol. The number of nitrogens with one attached hydrogen (secondary N) is 2. The van der Waals surface area contributed by atoms with Gasteiger partial charge < -0.3 is 10.1 Å². The second-order valence-corrected chi connectivity index (χ2v) is 6.42. The van der Waals surface area contributed by atoms with Crippen molar-refractivity contribution in [3.63, 3.8) is 0 Å². The molecule has 0 heterocycles. The Kier molecular flexibility index (Phi) is 8.36. The molecule has 2 rings (SSSR count). The predicted molar refractivity (Wildman–Crippen MR) is 109 cm³/mol. The monoisotopic (exact) mass is 447 g/mol. The number of amides is 2. The zero-order chi connectivity index (χ0) is 20.4. The first kappa shape index (κ1) is 21.3. The fourth-order valence-corrected chi connectivity index (χ4v) is 2.64. The molecule has 0 spiro atoms. The smallest absolute Gasteiger partial charge is 0.254 e. The van der Waals surface area contributed by atoms with E-state index in [1.807, 2.05) is 0 Å². The molecule has 0 aliphatic heterocycles. The average molecular weight is 448 g/mol. The molecule has 0 saturated heterocycles. The molecule has 0 aliphatic carbocycles. The van der Waals surface area contributed by atoms with E-state index in [1.165, 1.54) is 24.4 Å². The molecule has 0 unspecified atom stereocenters. The molecule has 0 bridgehead atoms. The van der Waals surface area contributed by atoms with Crippen molar-refractivity contribution in [2.24, 2.45) is 5.10 Å². The first-order chi connectivity index (χ1) is 13.5. The second kappa shape index (κ2) is 11.0. The number of hydrogen-bond donors (Lipinski definition) is 2. The van der Waals surface area contributed by atoms with Crippen molar-refractivity contribution in [3.8, 4) is 5.75 Å². The summed E-state index contributed by atoms with van der Waals surface area (Å²) in [6, 6.07) is 11.0. The molecule has 8 heteroatoms. The van der Waals surface area contributed by atoms with Crippen LogP contribution in [0.5, 0.6) is 5.75 Å². The lowest BCUT2D eigenvalue weighted by Gasteiger charge is -2.06. The van der Waals surface area contributed by atoms with Gasteiger partial charge in [-0.2, -0.15) is 5.10 Å². The summed E-state index contributed by atoms with van der Waals surface area (Å²) in [5, 5.41) is 6.36. The van der Waals surface area contributed by atoms with Crippen LogP contribution in [0.1, 0.15) is 22.3 Å². The molecule has 0 saturated carbocycles. The molecule has 2 amide bonds. The third kappa shape index (κ3) is 6.62. The molecule has 0 radical (unpaired) electrons. The molecule has 2 aromatic rings. The summed E-state index contributed by atoms with van der Waals surface area (Å²) in [6.45, 7) is 4.05. The Balaban J connectivity index is 1.76. The maximum absolute atomic E-state index is 13.5. The van der Waals surface area contributed by atoms with E-state index in [2.05, 4.69) is 38.4 Å². The third-order valence-electron chi connectivity index (χ3n) is 3.47. The molecular formula is C20H19BrFN3O3. The first-order valence-electron chi connectivity index (χ1n) is 8.39. The van der Waals surface area contributed by atoms with Gasteiger partial charge in [-0.3, -0.25) is 9.59 Å². The molecule has 0 atom stereocenters. The fourth-order valence-electron chi connectivity index (χ4n) is 2.13. The number of nitrogens with zero attached hydrogens (tertiary/aromatic N) is 1. The highest BCUT2D eigenvalue weighted by atomic mass is 79.9. The van der Waals surface area contributed by atoms with Crippen LogP contribution in [0.25, 0.3) is 0 Å². The van der Waals surface area contributed by atoms with Crippen molar-refractivity contribution in [1.29, 1.82) is 0 Å². The van der Waals surface area contributed by atoms with E-state index in [9.17, 15) is 14.0 Å². The van der Waals surface area contributed by atoms with E-state index < -0.39 is 11.7 Å². The van der Waals surface area contributed by atoms with Crippen LogP contribution >= 0.6 is 15.9 Å². The minimum absolute atomic E-state index is 0.00948. The second-order valence-electron chi connectivity index (χ2n) is 5.57. The van der Waals surface area contributed by atoms with E-state index >= 15 is 0 Å². The topological polar surface area (TPSA) is 79.8 Å². The summed E-state index contributed by atoms with van der Waals surface area (Å²) in [6.07, 6.45) is 3.14. The summed E-state index contributed by atoms with van der Waals surface area (Å²) in [5.41, 5.74) is 3.06. The van der Waals surface area contributed by atoms with Crippen LogP contribution < -0.4 is 15.5 Å². The molecule has 0 fully saturated rings. The number of hydrogen-bond acceptors (Lipinski definition) is 4. The van der Waals surface area contributed by atoms with Gasteiger partial charge in [0.2, 0.25) is 5.91 Å². The lowest BCUT2D eigenvalue weighted by Crippen LogP contribution is -2.29. The average Bonchev–Trinajstić information content (AvgIpc) is 2.67. The number of hydrazone groups is 1. The normalized spacial score (nSPS) is 10.5. The predicted octanol–water partition coefficient (Wildman–Crippen LogP) is 3.42. The van der Waals surface area contributed by atoms with Crippen LogP contribution in [0.4, 0.5) is 4.39 Å². The van der Waals surface area contributed by atoms with Gasteiger partial charge in [-0.15, -0.1) is 0 Å². The number of benzene rings is 2. The van der Waals surface area contributed by atoms with Crippen LogP contribution in [0.15, 0.2) is 64.7 Å². The number of carbonyl (C=O) groups is 2. The van der Waals surface area contributed by atoms with Crippen molar-refractivity contribution >= 4 is 34.0 Å². The van der Waals surface area contributed by atoms with Crippen LogP contribution in [0, 0.1) is 5.82 Å². The first-order valence-corrected chi connectivity index (χ1v) is 9.18. The van der Waals surface area contributed by atoms with E-state index in [1.54, 1.807) is 30.3 Å². The van der Waals surface area contributed by atoms with Gasteiger partial charge in [-0.05, 0) is 51.8 Å². The highest BCUT2D eigenvalue weighted by Gasteiger charge is 2.10. The Hall–Kier alpha value is -3.00. The Morgan fingerprint density at radius 2 is 2.04 bits per heavy atom. The minimum Gasteiger partial charge on any atom is -0.488 e. The maximum atomic E-state index is 13.5. The zero-order valence-electron chi connectivity index (χ0n) is 15.0. The van der Waals surface area contributed by atoms with Gasteiger partial charge in [-0.1, -0.05) is 24.8 Å². The van der Waals surface area contributed by atoms with Crippen molar-refractivity contribution in [1.82, 2.24) is 10.7 Å². The Morgan fingerprint density at radius 1 is 1.25 bits per heavy atom. The summed E-state index contributed by atoms with van der Waals surface area (Å²) < 4.78 is 19.7. The zero-order valence-corrected chi connectivity index (χ0v) is 16.5. The van der Waals surface area contributed by atoms with Crippen LogP contribution in [0.2, 0.25) is 0 Å². The Labute approximate surface area is 170 Å². The quantitative estimate of drug-likeness (QED) is 0.351. The number of rotatable bonds is 9. The molecule has 0 aromatic heterocycles. The SMILES string of the molecule is C=CCOc1ccc(C=NNC(=O)CCNC(=O)c2ccccc2F)cc1Br. The lowest BCUT2D eigenvalue weighted by atomic mass is 10.2. The largest absolute Gasteiger partial charge is 0.488 e. The lowest BCUT2D eigenvalue weighted by molar-refractivity contribution is -0.120. The van der Waals surface area contributed by atoms with Crippen LogP contribution in [0.3, 0.4) is 0 Å². The Morgan fingerprint density at radius 3 is 2.75 bits per heavy atom. The maximum Gasteiger partial charge on any atom is 0.254 e. The number of ether oxygens (including phenoxy) is 1. The summed E-state index contributed by atoms with van der Waals surface area (Å²) in [4.78, 5) is 23.6. The summed E-state index contributed by atoms with van der Waals surface area (Å²) in [5.74, 6) is -0.888. The standard InChI is InChI=1S/C20H19BrFN3O3/c1-2-11-28-18-8-7-14(12-16(18)21)13-24-25-19(26)9-10-23-20(27)15-5-3-4-6-17(15)22/h2-8,12-13H,1,9-11H2,(H,23,27)(H,25,26). The van der Waals surface area contributed by atoms with Gasteiger partial charge in [0.25, 0.3) is 5.91 Å². The van der Waals surface area contributed by atoms with Crippen LogP contribution in [-0.2, 0) is 4.79 Å². The van der Waals surface area contributed by atoms with Crippen molar-refractivity contribution in [2.75, 3.05) is 13.2 Å². The molecule has 6 nitrogen and oxygen atoms in total. The van der Waals surface area contributed by atoms with Gasteiger partial charge in [0.05, 0.1) is 16.3 Å². The van der Waals surface area contributed by atoms with Crippen molar-refractivity contribution in [2.45, 2.75) is 6.42 Å². The number of carbonyl (C=O) groups excluding carboxylic acids is 2. The van der Waals surface area contributed by atoms with Gasteiger partial charge in [0.15, 0.2) is 0 Å². The molecule has 28 heavy (non-hydrogen) atoms. The fraction of sp³-hybridized carbons (Fsp3) is 0.150. The highest BCUT2D eigenvalue weighted by molar-refractivity contribution is 9.10. The Bertz CT molecular complexity index is 887. The summed E-state index contributed by atoms with van der Waals surface area (Å²) in [7, 11) is 0. The van der Waals surface area contributed by atoms with Gasteiger partial charge in [0.1, 0.15) is 18.2 Å². The molecule has 146 valence electrons.